The van der Waals surface area contributed by atoms with Gasteiger partial charge in [-0.25, -0.2) is 4.98 Å². The van der Waals surface area contributed by atoms with Gasteiger partial charge in [-0.1, -0.05) is 35.9 Å². The molecule has 0 amide bonds. The molecule has 27 heavy (non-hydrogen) atoms. The fourth-order valence-electron chi connectivity index (χ4n) is 3.03. The Morgan fingerprint density at radius 2 is 2.00 bits per heavy atom. The molecule has 6 heteroatoms. The number of anilines is 3. The summed E-state index contributed by atoms with van der Waals surface area (Å²) in [5.41, 5.74) is 4.44. The molecule has 0 saturated carbocycles. The van der Waals surface area contributed by atoms with E-state index in [2.05, 4.69) is 50.0 Å². The van der Waals surface area contributed by atoms with Gasteiger partial charge in [0.2, 0.25) is 5.95 Å². The topological polar surface area (TPSA) is 65.6 Å². The summed E-state index contributed by atoms with van der Waals surface area (Å²) in [5.74, 6) is 1.32. The van der Waals surface area contributed by atoms with Crippen molar-refractivity contribution in [3.05, 3.63) is 77.1 Å². The second-order valence-electron chi connectivity index (χ2n) is 6.39. The van der Waals surface area contributed by atoms with Gasteiger partial charge < -0.3 is 15.6 Å². The summed E-state index contributed by atoms with van der Waals surface area (Å²) in [5, 5.41) is 8.54. The minimum Gasteiger partial charge on any atom is -0.370 e. The average Bonchev–Trinajstić information content (AvgIpc) is 3.08. The van der Waals surface area contributed by atoms with E-state index in [-0.39, 0.29) is 0 Å². The van der Waals surface area contributed by atoms with Crippen LogP contribution in [0, 0.1) is 6.92 Å². The van der Waals surface area contributed by atoms with E-state index in [0.29, 0.717) is 11.0 Å². The third kappa shape index (κ3) is 4.04. The standard InChI is InChI=1S/C21H20ClN5/c1-14-6-7-16(22)12-19(14)26-21-24-11-9-20(27-21)23-10-8-15-13-25-18-5-3-2-4-17(15)18/h2-7,9,11-13,25H,8,10H2,1H3,(H2,23,24,26,27). The Bertz CT molecular complexity index is 1070. The Balaban J connectivity index is 1.41. The largest absolute Gasteiger partial charge is 0.370 e. The molecule has 4 aromatic rings. The number of nitrogens with one attached hydrogen (secondary N) is 3. The van der Waals surface area contributed by atoms with Crippen molar-refractivity contribution in [3.63, 3.8) is 0 Å². The van der Waals surface area contributed by atoms with Gasteiger partial charge in [0.05, 0.1) is 0 Å². The smallest absolute Gasteiger partial charge is 0.229 e. The van der Waals surface area contributed by atoms with Crippen LogP contribution < -0.4 is 10.6 Å². The van der Waals surface area contributed by atoms with Gasteiger partial charge in [-0.2, -0.15) is 4.98 Å². The molecule has 0 saturated heterocycles. The van der Waals surface area contributed by atoms with Crippen LogP contribution in [0.25, 0.3) is 10.9 Å². The maximum absolute atomic E-state index is 6.08. The van der Waals surface area contributed by atoms with Crippen LogP contribution in [-0.4, -0.2) is 21.5 Å². The van der Waals surface area contributed by atoms with Crippen LogP contribution in [0.4, 0.5) is 17.5 Å². The second-order valence-corrected chi connectivity index (χ2v) is 6.82. The predicted octanol–water partition coefficient (Wildman–Crippen LogP) is 5.32. The molecule has 0 aliphatic rings. The highest BCUT2D eigenvalue weighted by Gasteiger charge is 2.05. The van der Waals surface area contributed by atoms with Gasteiger partial charge >= 0.3 is 0 Å². The summed E-state index contributed by atoms with van der Waals surface area (Å²) >= 11 is 6.08. The molecule has 3 N–H and O–H groups in total. The van der Waals surface area contributed by atoms with Crippen LogP contribution in [0.15, 0.2) is 60.9 Å². The van der Waals surface area contributed by atoms with Crippen LogP contribution in [0.3, 0.4) is 0 Å². The van der Waals surface area contributed by atoms with Crippen LogP contribution in [0.5, 0.6) is 0 Å². The second kappa shape index (κ2) is 7.68. The number of rotatable bonds is 6. The van der Waals surface area contributed by atoms with Crippen molar-refractivity contribution in [2.24, 2.45) is 0 Å². The zero-order valence-electron chi connectivity index (χ0n) is 15.0. The summed E-state index contributed by atoms with van der Waals surface area (Å²) in [6.45, 7) is 2.80. The van der Waals surface area contributed by atoms with E-state index in [1.165, 1.54) is 10.9 Å². The Morgan fingerprint density at radius 3 is 2.93 bits per heavy atom. The van der Waals surface area contributed by atoms with E-state index in [4.69, 9.17) is 11.6 Å². The molecule has 0 radical (unpaired) electrons. The van der Waals surface area contributed by atoms with Crippen molar-refractivity contribution in [3.8, 4) is 0 Å². The first kappa shape index (κ1) is 17.4. The Labute approximate surface area is 162 Å². The molecule has 0 fully saturated rings. The molecule has 0 bridgehead atoms. The molecule has 0 atom stereocenters. The zero-order valence-corrected chi connectivity index (χ0v) is 15.7. The Hall–Kier alpha value is -3.05. The molecule has 136 valence electrons. The molecule has 2 aromatic heterocycles. The number of H-pyrrole nitrogens is 1. The van der Waals surface area contributed by atoms with Crippen molar-refractivity contribution >= 4 is 40.0 Å². The van der Waals surface area contributed by atoms with Crippen LogP contribution in [0.2, 0.25) is 5.02 Å². The van der Waals surface area contributed by atoms with Crippen molar-refractivity contribution < 1.29 is 0 Å². The van der Waals surface area contributed by atoms with Gasteiger partial charge in [0.1, 0.15) is 5.82 Å². The molecule has 4 rings (SSSR count). The lowest BCUT2D eigenvalue weighted by atomic mass is 10.1. The third-order valence-electron chi connectivity index (χ3n) is 4.48. The van der Waals surface area contributed by atoms with Crippen molar-refractivity contribution in [1.82, 2.24) is 15.0 Å². The maximum Gasteiger partial charge on any atom is 0.229 e. The SMILES string of the molecule is Cc1ccc(Cl)cc1Nc1nccc(NCCc2c[nH]c3ccccc23)n1. The Morgan fingerprint density at radius 1 is 1.11 bits per heavy atom. The molecule has 0 aliphatic carbocycles. The lowest BCUT2D eigenvalue weighted by Crippen LogP contribution is -2.07. The van der Waals surface area contributed by atoms with Gasteiger partial charge in [-0.3, -0.25) is 0 Å². The van der Waals surface area contributed by atoms with Crippen LogP contribution in [0.1, 0.15) is 11.1 Å². The molecule has 0 aliphatic heterocycles. The molecule has 0 spiro atoms. The average molecular weight is 378 g/mol. The number of fused-ring (bicyclic) bond motifs is 1. The van der Waals surface area contributed by atoms with Crippen molar-refractivity contribution in [2.75, 3.05) is 17.2 Å². The van der Waals surface area contributed by atoms with E-state index < -0.39 is 0 Å². The van der Waals surface area contributed by atoms with Crippen LogP contribution in [-0.2, 0) is 6.42 Å². The van der Waals surface area contributed by atoms with E-state index in [1.54, 1.807) is 6.20 Å². The number of aryl methyl sites for hydroxylation is 1. The monoisotopic (exact) mass is 377 g/mol. The number of aromatic amines is 1. The Kier molecular flexibility index (Phi) is 4.94. The summed E-state index contributed by atoms with van der Waals surface area (Å²) in [6, 6.07) is 15.9. The van der Waals surface area contributed by atoms with E-state index in [1.807, 2.05) is 37.3 Å². The first-order valence-corrected chi connectivity index (χ1v) is 9.22. The summed E-state index contributed by atoms with van der Waals surface area (Å²) in [6.07, 6.45) is 4.72. The fraction of sp³-hybridized carbons (Fsp3) is 0.143. The van der Waals surface area contributed by atoms with Gasteiger partial charge in [0, 0.05) is 40.6 Å². The van der Waals surface area contributed by atoms with E-state index >= 15 is 0 Å². The lowest BCUT2D eigenvalue weighted by molar-refractivity contribution is 1.01. The summed E-state index contributed by atoms with van der Waals surface area (Å²) in [4.78, 5) is 12.1. The molecular formula is C21H20ClN5. The van der Waals surface area contributed by atoms with E-state index in [9.17, 15) is 0 Å². The highest BCUT2D eigenvalue weighted by Crippen LogP contribution is 2.23. The highest BCUT2D eigenvalue weighted by atomic mass is 35.5. The molecule has 5 nitrogen and oxygen atoms in total. The number of nitrogens with zero attached hydrogens (tertiary/aromatic N) is 2. The third-order valence-corrected chi connectivity index (χ3v) is 4.71. The first-order chi connectivity index (χ1) is 13.2. The minimum absolute atomic E-state index is 0.539. The predicted molar refractivity (Wildman–Crippen MR) is 112 cm³/mol. The number of hydrogen-bond acceptors (Lipinski definition) is 4. The zero-order chi connectivity index (χ0) is 18.6. The van der Waals surface area contributed by atoms with Gasteiger partial charge in [0.15, 0.2) is 0 Å². The first-order valence-electron chi connectivity index (χ1n) is 8.84. The van der Waals surface area contributed by atoms with Gasteiger partial charge in [0.25, 0.3) is 0 Å². The molecule has 0 unspecified atom stereocenters. The summed E-state index contributed by atoms with van der Waals surface area (Å²) < 4.78 is 0. The molecule has 2 aromatic carbocycles. The minimum atomic E-state index is 0.539. The molecule has 2 heterocycles. The number of para-hydroxylation sites is 1. The van der Waals surface area contributed by atoms with E-state index in [0.717, 1.165) is 35.6 Å². The normalized spacial score (nSPS) is 10.9. The quantitative estimate of drug-likeness (QED) is 0.425. The highest BCUT2D eigenvalue weighted by molar-refractivity contribution is 6.30. The van der Waals surface area contributed by atoms with Gasteiger partial charge in [-0.15, -0.1) is 0 Å². The number of hydrogen-bond donors (Lipinski definition) is 3. The number of halogens is 1. The fourth-order valence-corrected chi connectivity index (χ4v) is 3.20. The maximum atomic E-state index is 6.08. The lowest BCUT2D eigenvalue weighted by Gasteiger charge is -2.10. The number of aromatic nitrogens is 3. The van der Waals surface area contributed by atoms with Crippen LogP contribution >= 0.6 is 11.6 Å². The molecular weight excluding hydrogens is 358 g/mol. The van der Waals surface area contributed by atoms with Crippen molar-refractivity contribution in [2.45, 2.75) is 13.3 Å². The van der Waals surface area contributed by atoms with Gasteiger partial charge in [-0.05, 0) is 48.7 Å². The number of benzene rings is 2. The summed E-state index contributed by atoms with van der Waals surface area (Å²) in [7, 11) is 0. The van der Waals surface area contributed by atoms with Crippen molar-refractivity contribution in [1.29, 1.82) is 0 Å².